The molecule has 0 spiro atoms. The van der Waals surface area contributed by atoms with Gasteiger partial charge in [-0.15, -0.1) is 11.3 Å². The number of thiazole rings is 1. The zero-order chi connectivity index (χ0) is 19.7. The molecule has 0 unspecified atom stereocenters. The highest BCUT2D eigenvalue weighted by atomic mass is 32.1. The summed E-state index contributed by atoms with van der Waals surface area (Å²) in [5, 5.41) is 3.59. The highest BCUT2D eigenvalue weighted by Crippen LogP contribution is 2.36. The van der Waals surface area contributed by atoms with E-state index in [2.05, 4.69) is 31.2 Å². The lowest BCUT2D eigenvalue weighted by Gasteiger charge is -2.39. The quantitative estimate of drug-likeness (QED) is 0.830. The minimum Gasteiger partial charge on any atom is -0.363 e. The maximum Gasteiger partial charge on any atom is 0.323 e. The lowest BCUT2D eigenvalue weighted by molar-refractivity contribution is 0.193. The third-order valence-corrected chi connectivity index (χ3v) is 6.11. The van der Waals surface area contributed by atoms with E-state index < -0.39 is 0 Å². The summed E-state index contributed by atoms with van der Waals surface area (Å²) in [6, 6.07) is 2.99. The van der Waals surface area contributed by atoms with Crippen LogP contribution in [0.5, 0.6) is 0 Å². The van der Waals surface area contributed by atoms with Gasteiger partial charge in [0.15, 0.2) is 5.13 Å². The molecule has 1 aliphatic carbocycles. The molecular formula is C19H27N7OS. The Kier molecular flexibility index (Phi) is 5.34. The molecule has 0 radical (unpaired) electrons. The van der Waals surface area contributed by atoms with Crippen molar-refractivity contribution in [3.63, 3.8) is 0 Å². The SMILES string of the molecule is Cc1cnc(NC(=O)N2CCC(N(c3cc(N(C)C)ncn3)C3CC3)CC2)s1. The van der Waals surface area contributed by atoms with Crippen molar-refractivity contribution in [1.82, 2.24) is 19.9 Å². The molecule has 2 aromatic rings. The number of carbonyl (C=O) groups is 1. The van der Waals surface area contributed by atoms with Crippen LogP contribution in [0.4, 0.5) is 21.6 Å². The van der Waals surface area contributed by atoms with Gasteiger partial charge in [0.1, 0.15) is 18.0 Å². The average Bonchev–Trinajstić information content (AvgIpc) is 3.44. The number of piperidine rings is 1. The lowest BCUT2D eigenvalue weighted by atomic mass is 10.0. The normalized spacial score (nSPS) is 17.5. The number of amides is 2. The van der Waals surface area contributed by atoms with Gasteiger partial charge >= 0.3 is 6.03 Å². The van der Waals surface area contributed by atoms with Crippen molar-refractivity contribution in [2.24, 2.45) is 0 Å². The van der Waals surface area contributed by atoms with E-state index >= 15 is 0 Å². The molecule has 9 heteroatoms. The van der Waals surface area contributed by atoms with Gasteiger partial charge in [-0.2, -0.15) is 0 Å². The highest BCUT2D eigenvalue weighted by molar-refractivity contribution is 7.15. The molecular weight excluding hydrogens is 374 g/mol. The summed E-state index contributed by atoms with van der Waals surface area (Å²) in [7, 11) is 3.99. The molecule has 2 amide bonds. The molecule has 1 N–H and O–H groups in total. The van der Waals surface area contributed by atoms with Crippen molar-refractivity contribution in [3.8, 4) is 0 Å². The number of nitrogens with one attached hydrogen (secondary N) is 1. The minimum absolute atomic E-state index is 0.0531. The van der Waals surface area contributed by atoms with Crippen LogP contribution in [0.3, 0.4) is 0 Å². The number of aryl methyl sites for hydroxylation is 1. The van der Waals surface area contributed by atoms with Crippen molar-refractivity contribution in [2.45, 2.75) is 44.7 Å². The van der Waals surface area contributed by atoms with E-state index in [1.807, 2.05) is 30.8 Å². The molecule has 2 fully saturated rings. The second-order valence-corrected chi connectivity index (χ2v) is 8.93. The number of hydrogen-bond donors (Lipinski definition) is 1. The summed E-state index contributed by atoms with van der Waals surface area (Å²) in [6.07, 6.45) is 7.75. The summed E-state index contributed by atoms with van der Waals surface area (Å²) in [5.41, 5.74) is 0. The van der Waals surface area contributed by atoms with Gasteiger partial charge in [-0.3, -0.25) is 5.32 Å². The number of urea groups is 1. The number of aromatic nitrogens is 3. The molecule has 2 aromatic heterocycles. The number of rotatable bonds is 5. The van der Waals surface area contributed by atoms with Crippen LogP contribution in [0.15, 0.2) is 18.6 Å². The number of hydrogen-bond acceptors (Lipinski definition) is 7. The van der Waals surface area contributed by atoms with E-state index in [1.165, 1.54) is 24.2 Å². The molecule has 1 aliphatic heterocycles. The summed E-state index contributed by atoms with van der Waals surface area (Å²) >= 11 is 1.50. The topological polar surface area (TPSA) is 77.5 Å². The minimum atomic E-state index is -0.0531. The fourth-order valence-electron chi connectivity index (χ4n) is 3.68. The molecule has 1 saturated carbocycles. The summed E-state index contributed by atoms with van der Waals surface area (Å²) in [5.74, 6) is 1.92. The van der Waals surface area contributed by atoms with Crippen LogP contribution in [0.2, 0.25) is 0 Å². The molecule has 8 nitrogen and oxygen atoms in total. The van der Waals surface area contributed by atoms with Gasteiger partial charge < -0.3 is 14.7 Å². The first-order chi connectivity index (χ1) is 13.5. The van der Waals surface area contributed by atoms with E-state index in [0.717, 1.165) is 42.4 Å². The van der Waals surface area contributed by atoms with E-state index in [4.69, 9.17) is 0 Å². The van der Waals surface area contributed by atoms with E-state index in [-0.39, 0.29) is 6.03 Å². The van der Waals surface area contributed by atoms with Crippen molar-refractivity contribution in [2.75, 3.05) is 42.3 Å². The van der Waals surface area contributed by atoms with Gasteiger partial charge in [-0.05, 0) is 32.6 Å². The maximum absolute atomic E-state index is 12.5. The first-order valence-corrected chi connectivity index (χ1v) is 10.6. The van der Waals surface area contributed by atoms with Gasteiger partial charge in [-0.1, -0.05) is 0 Å². The molecule has 150 valence electrons. The first-order valence-electron chi connectivity index (χ1n) is 9.77. The Bertz CT molecular complexity index is 827. The van der Waals surface area contributed by atoms with Crippen LogP contribution in [0.1, 0.15) is 30.6 Å². The Labute approximate surface area is 169 Å². The number of anilines is 3. The van der Waals surface area contributed by atoms with Crippen molar-refractivity contribution < 1.29 is 4.79 Å². The second-order valence-electron chi connectivity index (χ2n) is 7.69. The third-order valence-electron chi connectivity index (χ3n) is 5.28. The second kappa shape index (κ2) is 7.90. The Morgan fingerprint density at radius 3 is 2.39 bits per heavy atom. The number of nitrogens with zero attached hydrogens (tertiary/aromatic N) is 6. The monoisotopic (exact) mass is 401 g/mol. The van der Waals surface area contributed by atoms with Gasteiger partial charge in [0.05, 0.1) is 0 Å². The number of carbonyl (C=O) groups excluding carboxylic acids is 1. The Balaban J connectivity index is 1.40. The summed E-state index contributed by atoms with van der Waals surface area (Å²) in [4.78, 5) is 33.1. The fourth-order valence-corrected chi connectivity index (χ4v) is 4.33. The predicted molar refractivity (Wildman–Crippen MR) is 112 cm³/mol. The van der Waals surface area contributed by atoms with Crippen LogP contribution >= 0.6 is 11.3 Å². The zero-order valence-corrected chi connectivity index (χ0v) is 17.4. The van der Waals surface area contributed by atoms with Crippen molar-refractivity contribution in [3.05, 3.63) is 23.5 Å². The number of likely N-dealkylation sites (tertiary alicyclic amines) is 1. The van der Waals surface area contributed by atoms with Crippen molar-refractivity contribution in [1.29, 1.82) is 0 Å². The molecule has 0 bridgehead atoms. The van der Waals surface area contributed by atoms with Crippen LogP contribution in [-0.4, -0.2) is 65.2 Å². The van der Waals surface area contributed by atoms with Crippen LogP contribution in [0.25, 0.3) is 0 Å². The lowest BCUT2D eigenvalue weighted by Crippen LogP contribution is -2.49. The summed E-state index contributed by atoms with van der Waals surface area (Å²) in [6.45, 7) is 3.48. The molecule has 4 rings (SSSR count). The largest absolute Gasteiger partial charge is 0.363 e. The van der Waals surface area contributed by atoms with Crippen LogP contribution in [0, 0.1) is 6.92 Å². The molecule has 2 aliphatic rings. The van der Waals surface area contributed by atoms with Crippen LogP contribution < -0.4 is 15.1 Å². The zero-order valence-electron chi connectivity index (χ0n) is 16.6. The molecule has 0 aromatic carbocycles. The maximum atomic E-state index is 12.5. The highest BCUT2D eigenvalue weighted by Gasteiger charge is 2.37. The fraction of sp³-hybridized carbons (Fsp3) is 0.579. The van der Waals surface area contributed by atoms with Crippen LogP contribution in [-0.2, 0) is 0 Å². The standard InChI is InChI=1S/C19H27N7OS/c1-13-11-20-18(28-13)23-19(27)25-8-6-15(7-9-25)26(14-4-5-14)17-10-16(24(2)3)21-12-22-17/h10-12,14-15H,4-9H2,1-3H3,(H,20,23,27). The van der Waals surface area contributed by atoms with Gasteiger partial charge in [-0.25, -0.2) is 19.7 Å². The smallest absolute Gasteiger partial charge is 0.323 e. The van der Waals surface area contributed by atoms with E-state index in [1.54, 1.807) is 12.5 Å². The van der Waals surface area contributed by atoms with Gasteiger partial charge in [0, 0.05) is 56.4 Å². The van der Waals surface area contributed by atoms with Crippen molar-refractivity contribution >= 4 is 34.1 Å². The molecule has 28 heavy (non-hydrogen) atoms. The summed E-state index contributed by atoms with van der Waals surface area (Å²) < 4.78 is 0. The Morgan fingerprint density at radius 2 is 1.79 bits per heavy atom. The molecule has 0 atom stereocenters. The Morgan fingerprint density at radius 1 is 1.11 bits per heavy atom. The first kappa shape index (κ1) is 18.9. The Hall–Kier alpha value is -2.42. The molecule has 3 heterocycles. The molecule has 1 saturated heterocycles. The third kappa shape index (κ3) is 4.19. The van der Waals surface area contributed by atoms with Gasteiger partial charge in [0.2, 0.25) is 0 Å². The van der Waals surface area contributed by atoms with E-state index in [9.17, 15) is 4.79 Å². The predicted octanol–water partition coefficient (Wildman–Crippen LogP) is 2.97. The van der Waals surface area contributed by atoms with Gasteiger partial charge in [0.25, 0.3) is 0 Å². The van der Waals surface area contributed by atoms with E-state index in [0.29, 0.717) is 17.2 Å². The average molecular weight is 402 g/mol.